The van der Waals surface area contributed by atoms with Crippen molar-refractivity contribution in [2.45, 2.75) is 23.9 Å². The van der Waals surface area contributed by atoms with Crippen molar-refractivity contribution in [2.75, 3.05) is 0 Å². The van der Waals surface area contributed by atoms with Crippen molar-refractivity contribution in [1.82, 2.24) is 0 Å². The predicted octanol–water partition coefficient (Wildman–Crippen LogP) is 3.61. The van der Waals surface area contributed by atoms with Crippen LogP contribution in [0.15, 0.2) is 72.8 Å². The minimum Gasteiger partial charge on any atom is -0.489 e. The van der Waals surface area contributed by atoms with Gasteiger partial charge in [-0.15, -0.1) is 0 Å². The molecule has 154 valence electrons. The lowest BCUT2D eigenvalue weighted by molar-refractivity contribution is 0.193. The van der Waals surface area contributed by atoms with Crippen LogP contribution in [-0.4, -0.2) is 33.9 Å². The molecule has 2 atom stereocenters. The van der Waals surface area contributed by atoms with E-state index in [1.807, 2.05) is 36.4 Å². The fourth-order valence-electron chi connectivity index (χ4n) is 3.19. The molecule has 9 heteroatoms. The van der Waals surface area contributed by atoms with E-state index < -0.39 is 35.2 Å². The molecule has 0 aliphatic rings. The van der Waals surface area contributed by atoms with Gasteiger partial charge in [-0.1, -0.05) is 66.7 Å². The van der Waals surface area contributed by atoms with Gasteiger partial charge in [0, 0.05) is 18.2 Å². The smallest absolute Gasteiger partial charge is 0.346 e. The Labute approximate surface area is 168 Å². The Bertz CT molecular complexity index is 1120. The number of fused-ring (bicyclic) bond motifs is 1. The lowest BCUT2D eigenvalue weighted by Gasteiger charge is -2.24. The van der Waals surface area contributed by atoms with Crippen molar-refractivity contribution in [1.29, 1.82) is 0 Å². The van der Waals surface area contributed by atoms with Crippen LogP contribution in [0.5, 0.6) is 5.75 Å². The summed E-state index contributed by atoms with van der Waals surface area (Å²) in [4.78, 5) is 16.7. The number of ether oxygens (including phenoxy) is 1. The molecular formula is C20H21O7PS. The number of hydrogen-bond donors (Lipinski definition) is 3. The minimum atomic E-state index is -5.13. The van der Waals surface area contributed by atoms with Gasteiger partial charge in [-0.25, -0.2) is 0 Å². The van der Waals surface area contributed by atoms with Gasteiger partial charge in [0.1, 0.15) is 11.9 Å². The van der Waals surface area contributed by atoms with Gasteiger partial charge in [0.15, 0.2) is 4.99 Å². The van der Waals surface area contributed by atoms with Gasteiger partial charge < -0.3 is 14.5 Å². The zero-order chi connectivity index (χ0) is 21.1. The van der Waals surface area contributed by atoms with Crippen molar-refractivity contribution < 1.29 is 32.1 Å². The Hall–Kier alpha value is -2.22. The van der Waals surface area contributed by atoms with E-state index >= 15 is 0 Å². The lowest BCUT2D eigenvalue weighted by Crippen LogP contribution is -2.30. The third kappa shape index (κ3) is 5.65. The maximum Gasteiger partial charge on any atom is 0.346 e. The summed E-state index contributed by atoms with van der Waals surface area (Å²) in [6, 6.07) is 21.8. The maximum atomic E-state index is 11.7. The van der Waals surface area contributed by atoms with Gasteiger partial charge in [0.25, 0.3) is 10.1 Å². The molecule has 29 heavy (non-hydrogen) atoms. The molecule has 0 saturated carbocycles. The fraction of sp³-hybridized carbons (Fsp3) is 0.200. The largest absolute Gasteiger partial charge is 0.489 e. The summed E-state index contributed by atoms with van der Waals surface area (Å²) >= 11 is 0. The van der Waals surface area contributed by atoms with Crippen LogP contribution in [-0.2, 0) is 21.1 Å². The highest BCUT2D eigenvalue weighted by Gasteiger charge is 2.42. The summed E-state index contributed by atoms with van der Waals surface area (Å²) in [5.41, 5.74) is 0.803. The molecule has 0 bridgehead atoms. The van der Waals surface area contributed by atoms with Crippen LogP contribution in [0.25, 0.3) is 10.8 Å². The van der Waals surface area contributed by atoms with Crippen LogP contribution in [0.4, 0.5) is 0 Å². The first kappa shape index (κ1) is 21.5. The van der Waals surface area contributed by atoms with Gasteiger partial charge in [-0.05, 0) is 17.0 Å². The van der Waals surface area contributed by atoms with E-state index in [0.29, 0.717) is 5.75 Å². The van der Waals surface area contributed by atoms with Crippen molar-refractivity contribution in [2.24, 2.45) is 0 Å². The highest BCUT2D eigenvalue weighted by atomic mass is 32.2. The Morgan fingerprint density at radius 3 is 2.17 bits per heavy atom. The topological polar surface area (TPSA) is 121 Å². The van der Waals surface area contributed by atoms with Gasteiger partial charge in [-0.2, -0.15) is 8.42 Å². The molecule has 0 radical (unpaired) electrons. The van der Waals surface area contributed by atoms with Crippen LogP contribution >= 0.6 is 7.60 Å². The third-order valence-electron chi connectivity index (χ3n) is 4.53. The van der Waals surface area contributed by atoms with Crippen LogP contribution in [0.3, 0.4) is 0 Å². The molecule has 0 fully saturated rings. The minimum absolute atomic E-state index is 0.204. The average Bonchev–Trinajstić information content (AvgIpc) is 2.65. The number of benzene rings is 3. The monoisotopic (exact) mass is 436 g/mol. The third-order valence-corrected chi connectivity index (χ3v) is 8.00. The zero-order valence-electron chi connectivity index (χ0n) is 15.3. The Balaban J connectivity index is 1.97. The summed E-state index contributed by atoms with van der Waals surface area (Å²) in [6.07, 6.45) is -1.26. The molecule has 0 heterocycles. The van der Waals surface area contributed by atoms with Crippen molar-refractivity contribution in [3.63, 3.8) is 0 Å². The summed E-state index contributed by atoms with van der Waals surface area (Å²) in [5.74, 6) is 0.462. The average molecular weight is 436 g/mol. The maximum absolute atomic E-state index is 11.7. The van der Waals surface area contributed by atoms with Gasteiger partial charge in [0.05, 0.1) is 0 Å². The van der Waals surface area contributed by atoms with E-state index in [1.54, 1.807) is 36.4 Å². The van der Waals surface area contributed by atoms with E-state index in [1.165, 1.54) is 0 Å². The molecule has 3 N–H and O–H groups in total. The molecule has 0 amide bonds. The first-order valence-electron chi connectivity index (χ1n) is 8.84. The van der Waals surface area contributed by atoms with Crippen molar-refractivity contribution >= 4 is 28.5 Å². The van der Waals surface area contributed by atoms with Crippen LogP contribution < -0.4 is 4.74 Å². The fourth-order valence-corrected chi connectivity index (χ4v) is 5.54. The second-order valence-corrected chi connectivity index (χ2v) is 10.5. The molecule has 2 unspecified atom stereocenters. The zero-order valence-corrected chi connectivity index (χ0v) is 17.0. The molecule has 0 aliphatic heterocycles. The van der Waals surface area contributed by atoms with Crippen LogP contribution in [0.2, 0.25) is 0 Å². The first-order chi connectivity index (χ1) is 13.6. The molecule has 7 nitrogen and oxygen atoms in total. The summed E-state index contributed by atoms with van der Waals surface area (Å²) in [5, 5.41) is 1.69. The quantitative estimate of drug-likeness (QED) is 0.364. The van der Waals surface area contributed by atoms with Crippen LogP contribution in [0.1, 0.15) is 12.0 Å². The Morgan fingerprint density at radius 2 is 1.52 bits per heavy atom. The Morgan fingerprint density at radius 1 is 0.897 bits per heavy atom. The lowest BCUT2D eigenvalue weighted by atomic mass is 10.1. The molecule has 3 aromatic rings. The van der Waals surface area contributed by atoms with E-state index in [9.17, 15) is 27.3 Å². The van der Waals surface area contributed by atoms with Gasteiger partial charge in [-0.3, -0.25) is 9.12 Å². The molecule has 0 aromatic heterocycles. The molecule has 0 aliphatic carbocycles. The van der Waals surface area contributed by atoms with E-state index in [0.717, 1.165) is 16.3 Å². The number of hydrogen-bond acceptors (Lipinski definition) is 4. The van der Waals surface area contributed by atoms with Crippen molar-refractivity contribution in [3.05, 3.63) is 78.4 Å². The number of rotatable bonds is 8. The molecular weight excluding hydrogens is 415 g/mol. The van der Waals surface area contributed by atoms with E-state index in [-0.39, 0.29) is 6.42 Å². The molecule has 3 aromatic carbocycles. The summed E-state index contributed by atoms with van der Waals surface area (Å²) in [6.45, 7) is 0. The standard InChI is InChI=1S/C20H21O7PS/c21-28(22,23)20(29(24,25)26)14-17(13-15-7-2-1-3-8-15)27-19-12-6-10-16-9-4-5-11-18(16)19/h1-12,17,20H,13-14H2,(H2,21,22,23)(H,24,25,26). The van der Waals surface area contributed by atoms with Crippen molar-refractivity contribution in [3.8, 4) is 5.75 Å². The molecule has 0 spiro atoms. The highest BCUT2D eigenvalue weighted by Crippen LogP contribution is 2.46. The first-order valence-corrected chi connectivity index (χ1v) is 12.0. The molecule has 3 rings (SSSR count). The van der Waals surface area contributed by atoms with Gasteiger partial charge in [0.2, 0.25) is 0 Å². The normalized spacial score (nSPS) is 14.4. The summed E-state index contributed by atoms with van der Waals surface area (Å²) < 4.78 is 50.4. The Kier molecular flexibility index (Phi) is 6.41. The second-order valence-electron chi connectivity index (χ2n) is 6.70. The summed E-state index contributed by atoms with van der Waals surface area (Å²) in [7, 11) is -10.1. The predicted molar refractivity (Wildman–Crippen MR) is 111 cm³/mol. The highest BCUT2D eigenvalue weighted by molar-refractivity contribution is 7.93. The second kappa shape index (κ2) is 8.65. The SMILES string of the molecule is O=P(O)(O)C(CC(Cc1ccccc1)Oc1cccc2ccccc12)S(=O)(=O)O. The van der Waals surface area contributed by atoms with E-state index in [4.69, 9.17) is 4.74 Å². The van der Waals surface area contributed by atoms with Crippen LogP contribution in [0, 0.1) is 0 Å². The molecule has 0 saturated heterocycles. The van der Waals surface area contributed by atoms with Gasteiger partial charge >= 0.3 is 7.60 Å². The van der Waals surface area contributed by atoms with E-state index in [2.05, 4.69) is 0 Å².